The van der Waals surface area contributed by atoms with E-state index in [0.29, 0.717) is 19.3 Å². The van der Waals surface area contributed by atoms with Gasteiger partial charge in [0.2, 0.25) is 0 Å². The van der Waals surface area contributed by atoms with Gasteiger partial charge in [0.25, 0.3) is 0 Å². The van der Waals surface area contributed by atoms with Crippen LogP contribution in [0.4, 0.5) is 0 Å². The van der Waals surface area contributed by atoms with Crippen LogP contribution in [0, 0.1) is 17.8 Å². The average molecular weight is 906 g/mol. The van der Waals surface area contributed by atoms with Crippen molar-refractivity contribution in [2.75, 3.05) is 13.2 Å². The number of hydrogen-bond donors (Lipinski definition) is 0. The standard InChI is InChI=1S/C58H112O6/c1-7-52(4)44-38-32-26-22-18-16-14-12-10-11-13-15-17-19-24-28-35-41-47-56(59)62-50-55(51-63-57(60)48-42-36-31-30-34-40-46-54(6)9-3)64-58(61)49-43-37-29-25-21-20-23-27-33-39-45-53(5)8-2/h52-55H,7-51H2,1-6H3/t52?,53?,54?,55-/m1/s1. The van der Waals surface area contributed by atoms with Crippen LogP contribution in [0.15, 0.2) is 0 Å². The Kier molecular flexibility index (Phi) is 48.1. The van der Waals surface area contributed by atoms with E-state index in [2.05, 4.69) is 41.5 Å². The van der Waals surface area contributed by atoms with Gasteiger partial charge in [-0.2, -0.15) is 0 Å². The molecular formula is C58H112O6. The van der Waals surface area contributed by atoms with E-state index in [1.54, 1.807) is 0 Å². The second-order valence-corrected chi connectivity index (χ2v) is 20.7. The molecule has 4 atom stereocenters. The van der Waals surface area contributed by atoms with Crippen molar-refractivity contribution in [3.05, 3.63) is 0 Å². The first-order chi connectivity index (χ1) is 31.2. The first kappa shape index (κ1) is 62.4. The van der Waals surface area contributed by atoms with E-state index >= 15 is 0 Å². The van der Waals surface area contributed by atoms with Crippen LogP contribution in [0.5, 0.6) is 0 Å². The minimum atomic E-state index is -0.764. The number of rotatable bonds is 51. The van der Waals surface area contributed by atoms with E-state index in [-0.39, 0.29) is 31.1 Å². The quantitative estimate of drug-likeness (QED) is 0.0344. The molecule has 6 nitrogen and oxygen atoms in total. The van der Waals surface area contributed by atoms with Gasteiger partial charge < -0.3 is 14.2 Å². The van der Waals surface area contributed by atoms with Gasteiger partial charge in [0, 0.05) is 19.3 Å². The van der Waals surface area contributed by atoms with Gasteiger partial charge in [-0.25, -0.2) is 0 Å². The molecule has 380 valence electrons. The Morgan fingerprint density at radius 2 is 0.500 bits per heavy atom. The fourth-order valence-corrected chi connectivity index (χ4v) is 8.73. The topological polar surface area (TPSA) is 78.9 Å². The van der Waals surface area contributed by atoms with Gasteiger partial charge in [-0.3, -0.25) is 14.4 Å². The van der Waals surface area contributed by atoms with Crippen molar-refractivity contribution < 1.29 is 28.6 Å². The summed E-state index contributed by atoms with van der Waals surface area (Å²) in [5.74, 6) is 1.74. The van der Waals surface area contributed by atoms with E-state index in [1.165, 1.54) is 199 Å². The molecule has 0 heterocycles. The molecule has 0 amide bonds. The van der Waals surface area contributed by atoms with Crippen LogP contribution in [-0.2, 0) is 28.6 Å². The Morgan fingerprint density at radius 1 is 0.297 bits per heavy atom. The van der Waals surface area contributed by atoms with Gasteiger partial charge in [0.05, 0.1) is 0 Å². The normalized spacial score (nSPS) is 13.4. The monoisotopic (exact) mass is 905 g/mol. The van der Waals surface area contributed by atoms with Crippen molar-refractivity contribution in [2.24, 2.45) is 17.8 Å². The zero-order valence-electron chi connectivity index (χ0n) is 44.1. The maximum atomic E-state index is 12.8. The number of carbonyl (C=O) groups is 3. The fraction of sp³-hybridized carbons (Fsp3) is 0.948. The highest BCUT2D eigenvalue weighted by Gasteiger charge is 2.19. The molecule has 6 heteroatoms. The summed E-state index contributed by atoms with van der Waals surface area (Å²) in [7, 11) is 0. The molecule has 0 saturated heterocycles. The third-order valence-corrected chi connectivity index (χ3v) is 14.2. The molecule has 0 aliphatic heterocycles. The minimum absolute atomic E-state index is 0.0646. The maximum Gasteiger partial charge on any atom is 0.306 e. The Hall–Kier alpha value is -1.59. The van der Waals surface area contributed by atoms with E-state index in [1.807, 2.05) is 0 Å². The molecule has 0 spiro atoms. The first-order valence-corrected chi connectivity index (χ1v) is 28.7. The minimum Gasteiger partial charge on any atom is -0.462 e. The number of hydrogen-bond acceptors (Lipinski definition) is 6. The van der Waals surface area contributed by atoms with Crippen LogP contribution in [0.2, 0.25) is 0 Å². The molecule has 0 aliphatic rings. The van der Waals surface area contributed by atoms with Gasteiger partial charge in [0.15, 0.2) is 6.10 Å². The first-order valence-electron chi connectivity index (χ1n) is 28.7. The lowest BCUT2D eigenvalue weighted by Gasteiger charge is -2.18. The van der Waals surface area contributed by atoms with Gasteiger partial charge in [-0.05, 0) is 37.0 Å². The second-order valence-electron chi connectivity index (χ2n) is 20.7. The molecule has 0 saturated carbocycles. The number of carbonyl (C=O) groups excluding carboxylic acids is 3. The number of unbranched alkanes of at least 4 members (excludes halogenated alkanes) is 31. The van der Waals surface area contributed by atoms with E-state index in [9.17, 15) is 14.4 Å². The smallest absolute Gasteiger partial charge is 0.306 e. The van der Waals surface area contributed by atoms with Crippen molar-refractivity contribution >= 4 is 17.9 Å². The zero-order chi connectivity index (χ0) is 47.0. The Labute approximate surface area is 399 Å². The van der Waals surface area contributed by atoms with Gasteiger partial charge in [0.1, 0.15) is 13.2 Å². The SMILES string of the molecule is CCC(C)CCCCCCCCCCCCCCCCCCCCC(=O)OC[C@H](COC(=O)CCCCCCCCC(C)CC)OC(=O)CCCCCCCCCCCCC(C)CC. The lowest BCUT2D eigenvalue weighted by molar-refractivity contribution is -0.167. The molecule has 0 N–H and O–H groups in total. The summed E-state index contributed by atoms with van der Waals surface area (Å²) in [6.45, 7) is 13.8. The van der Waals surface area contributed by atoms with E-state index in [0.717, 1.165) is 75.5 Å². The molecule has 0 rings (SSSR count). The second kappa shape index (κ2) is 49.3. The van der Waals surface area contributed by atoms with Crippen LogP contribution >= 0.6 is 0 Å². The molecule has 0 aromatic carbocycles. The Morgan fingerprint density at radius 3 is 0.734 bits per heavy atom. The van der Waals surface area contributed by atoms with Crippen molar-refractivity contribution in [1.29, 1.82) is 0 Å². The third-order valence-electron chi connectivity index (χ3n) is 14.2. The summed E-state index contributed by atoms with van der Waals surface area (Å²) in [5, 5.41) is 0. The van der Waals surface area contributed by atoms with E-state index in [4.69, 9.17) is 14.2 Å². The van der Waals surface area contributed by atoms with Crippen LogP contribution < -0.4 is 0 Å². The summed E-state index contributed by atoms with van der Waals surface area (Å²) < 4.78 is 16.9. The average Bonchev–Trinajstić information content (AvgIpc) is 3.29. The molecule has 0 fully saturated rings. The molecule has 0 aromatic rings. The molecule has 0 aromatic heterocycles. The summed E-state index contributed by atoms with van der Waals surface area (Å²) in [5.41, 5.74) is 0. The van der Waals surface area contributed by atoms with Crippen LogP contribution in [-0.4, -0.2) is 37.2 Å². The molecule has 64 heavy (non-hydrogen) atoms. The van der Waals surface area contributed by atoms with Crippen LogP contribution in [0.3, 0.4) is 0 Å². The van der Waals surface area contributed by atoms with Crippen LogP contribution in [0.25, 0.3) is 0 Å². The predicted molar refractivity (Wildman–Crippen MR) is 275 cm³/mol. The molecule has 0 bridgehead atoms. The zero-order valence-corrected chi connectivity index (χ0v) is 44.1. The molecule has 0 aliphatic carbocycles. The van der Waals surface area contributed by atoms with Crippen molar-refractivity contribution in [2.45, 2.75) is 324 Å². The van der Waals surface area contributed by atoms with Gasteiger partial charge in [-0.1, -0.05) is 279 Å². The highest BCUT2D eigenvalue weighted by Crippen LogP contribution is 2.19. The third kappa shape index (κ3) is 46.9. The Bertz CT molecular complexity index is 997. The van der Waals surface area contributed by atoms with Crippen LogP contribution in [0.1, 0.15) is 318 Å². The predicted octanol–water partition coefficient (Wildman–Crippen LogP) is 18.7. The van der Waals surface area contributed by atoms with Crippen molar-refractivity contribution in [1.82, 2.24) is 0 Å². The number of esters is 3. The lowest BCUT2D eigenvalue weighted by atomic mass is 9.99. The van der Waals surface area contributed by atoms with Crippen molar-refractivity contribution in [3.8, 4) is 0 Å². The maximum absolute atomic E-state index is 12.8. The van der Waals surface area contributed by atoms with E-state index < -0.39 is 6.10 Å². The summed E-state index contributed by atoms with van der Waals surface area (Å²) in [4.78, 5) is 38.0. The van der Waals surface area contributed by atoms with Gasteiger partial charge >= 0.3 is 17.9 Å². The van der Waals surface area contributed by atoms with Crippen molar-refractivity contribution in [3.63, 3.8) is 0 Å². The summed E-state index contributed by atoms with van der Waals surface area (Å²) >= 11 is 0. The fourth-order valence-electron chi connectivity index (χ4n) is 8.73. The number of ether oxygens (including phenoxy) is 3. The summed E-state index contributed by atoms with van der Waals surface area (Å²) in [6, 6.07) is 0. The van der Waals surface area contributed by atoms with Gasteiger partial charge in [-0.15, -0.1) is 0 Å². The largest absolute Gasteiger partial charge is 0.462 e. The summed E-state index contributed by atoms with van der Waals surface area (Å²) in [6.07, 6.45) is 50.9. The molecule has 3 unspecified atom stereocenters. The lowest BCUT2D eigenvalue weighted by Crippen LogP contribution is -2.30. The highest BCUT2D eigenvalue weighted by molar-refractivity contribution is 5.71. The Balaban J connectivity index is 4.21. The highest BCUT2D eigenvalue weighted by atomic mass is 16.6. The molecule has 0 radical (unpaired) electrons. The molecular weight excluding hydrogens is 793 g/mol.